The van der Waals surface area contributed by atoms with Crippen LogP contribution in [-0.2, 0) is 6.42 Å². The number of methoxy groups -OCH3 is 2. The van der Waals surface area contributed by atoms with Crippen LogP contribution in [0.1, 0.15) is 15.9 Å². The molecule has 0 aliphatic carbocycles. The second-order valence-corrected chi connectivity index (χ2v) is 5.27. The number of hydrogen-bond donors (Lipinski definition) is 0. The maximum Gasteiger partial charge on any atom is 0.171 e. The zero-order valence-electron chi connectivity index (χ0n) is 11.7. The highest BCUT2D eigenvalue weighted by Crippen LogP contribution is 2.33. The Bertz CT molecular complexity index is 653. The molecule has 0 amide bonds. The molecule has 0 aliphatic rings. The molecule has 0 heterocycles. The summed E-state index contributed by atoms with van der Waals surface area (Å²) in [5, 5.41) is 0. The van der Waals surface area contributed by atoms with Gasteiger partial charge in [-0.05, 0) is 45.8 Å². The van der Waals surface area contributed by atoms with Crippen molar-refractivity contribution in [2.45, 2.75) is 6.42 Å². The van der Waals surface area contributed by atoms with Crippen LogP contribution in [0.4, 0.5) is 4.39 Å². The Balaban J connectivity index is 2.31. The standard InChI is InChI=1S/C16H14BrFO3/c1-20-15-9-13(17)16(21-2)8-12(15)14(19)7-10-3-5-11(18)6-4-10/h3-6,8-9H,7H2,1-2H3. The van der Waals surface area contributed by atoms with Crippen molar-refractivity contribution in [3.05, 3.63) is 57.8 Å². The van der Waals surface area contributed by atoms with E-state index in [0.717, 1.165) is 5.56 Å². The predicted molar refractivity (Wildman–Crippen MR) is 81.7 cm³/mol. The summed E-state index contributed by atoms with van der Waals surface area (Å²) >= 11 is 3.35. The Morgan fingerprint density at radius 2 is 1.71 bits per heavy atom. The average Bonchev–Trinajstić information content (AvgIpc) is 2.49. The molecule has 110 valence electrons. The topological polar surface area (TPSA) is 35.5 Å². The number of halogens is 2. The fourth-order valence-corrected chi connectivity index (χ4v) is 2.45. The van der Waals surface area contributed by atoms with E-state index in [1.165, 1.54) is 26.4 Å². The van der Waals surface area contributed by atoms with Crippen molar-refractivity contribution in [1.82, 2.24) is 0 Å². The molecule has 0 saturated heterocycles. The Labute approximate surface area is 130 Å². The first-order valence-electron chi connectivity index (χ1n) is 6.24. The van der Waals surface area contributed by atoms with E-state index in [1.807, 2.05) is 0 Å². The second kappa shape index (κ2) is 6.72. The molecule has 0 saturated carbocycles. The molecule has 0 atom stereocenters. The van der Waals surface area contributed by atoms with E-state index in [1.54, 1.807) is 24.3 Å². The monoisotopic (exact) mass is 352 g/mol. The molecule has 2 aromatic rings. The summed E-state index contributed by atoms with van der Waals surface area (Å²) in [4.78, 5) is 12.4. The second-order valence-electron chi connectivity index (χ2n) is 4.41. The molecule has 0 spiro atoms. The number of carbonyl (C=O) groups excluding carboxylic acids is 1. The molecule has 0 aliphatic heterocycles. The van der Waals surface area contributed by atoms with Crippen LogP contribution in [0.5, 0.6) is 11.5 Å². The molecule has 2 aromatic carbocycles. The van der Waals surface area contributed by atoms with Crippen molar-refractivity contribution in [2.24, 2.45) is 0 Å². The molecular weight excluding hydrogens is 339 g/mol. The van der Waals surface area contributed by atoms with Crippen LogP contribution in [-0.4, -0.2) is 20.0 Å². The van der Waals surface area contributed by atoms with Gasteiger partial charge in [-0.3, -0.25) is 4.79 Å². The van der Waals surface area contributed by atoms with Gasteiger partial charge in [0.2, 0.25) is 0 Å². The molecule has 0 fully saturated rings. The van der Waals surface area contributed by atoms with E-state index in [-0.39, 0.29) is 18.0 Å². The average molecular weight is 353 g/mol. The Morgan fingerprint density at radius 1 is 1.10 bits per heavy atom. The van der Waals surface area contributed by atoms with Crippen molar-refractivity contribution >= 4 is 21.7 Å². The van der Waals surface area contributed by atoms with Crippen molar-refractivity contribution in [3.8, 4) is 11.5 Å². The molecule has 0 bridgehead atoms. The number of ketones is 1. The van der Waals surface area contributed by atoms with Crippen LogP contribution >= 0.6 is 15.9 Å². The maximum absolute atomic E-state index is 12.9. The highest BCUT2D eigenvalue weighted by Gasteiger charge is 2.16. The third-order valence-corrected chi connectivity index (χ3v) is 3.67. The SMILES string of the molecule is COc1cc(C(=O)Cc2ccc(F)cc2)c(OC)cc1Br. The number of rotatable bonds is 5. The van der Waals surface area contributed by atoms with Crippen molar-refractivity contribution in [1.29, 1.82) is 0 Å². The Kier molecular flexibility index (Phi) is 4.96. The van der Waals surface area contributed by atoms with Gasteiger partial charge in [0.15, 0.2) is 5.78 Å². The lowest BCUT2D eigenvalue weighted by Crippen LogP contribution is -2.06. The largest absolute Gasteiger partial charge is 0.496 e. The number of Topliss-reactive ketones (excluding diaryl/α,β-unsaturated/α-hetero) is 1. The van der Waals surface area contributed by atoms with Gasteiger partial charge in [-0.2, -0.15) is 0 Å². The summed E-state index contributed by atoms with van der Waals surface area (Å²) in [5.74, 6) is 0.575. The van der Waals surface area contributed by atoms with Gasteiger partial charge in [0, 0.05) is 6.42 Å². The van der Waals surface area contributed by atoms with Gasteiger partial charge in [-0.1, -0.05) is 12.1 Å². The summed E-state index contributed by atoms with van der Waals surface area (Å²) in [6, 6.07) is 9.18. The third kappa shape index (κ3) is 3.61. The van der Waals surface area contributed by atoms with E-state index in [9.17, 15) is 9.18 Å². The van der Waals surface area contributed by atoms with E-state index < -0.39 is 0 Å². The molecular formula is C16H14BrFO3. The van der Waals surface area contributed by atoms with Crippen molar-refractivity contribution < 1.29 is 18.7 Å². The minimum atomic E-state index is -0.325. The Morgan fingerprint density at radius 3 is 2.29 bits per heavy atom. The number of hydrogen-bond acceptors (Lipinski definition) is 3. The number of benzene rings is 2. The first-order chi connectivity index (χ1) is 10.0. The van der Waals surface area contributed by atoms with Crippen LogP contribution < -0.4 is 9.47 Å². The highest BCUT2D eigenvalue weighted by atomic mass is 79.9. The van der Waals surface area contributed by atoms with Gasteiger partial charge in [0.1, 0.15) is 17.3 Å². The number of ether oxygens (including phenoxy) is 2. The maximum atomic E-state index is 12.9. The molecule has 0 N–H and O–H groups in total. The normalized spacial score (nSPS) is 10.3. The van der Waals surface area contributed by atoms with Crippen molar-refractivity contribution in [2.75, 3.05) is 14.2 Å². The summed E-state index contributed by atoms with van der Waals surface area (Å²) < 4.78 is 24.0. The van der Waals surface area contributed by atoms with Crippen LogP contribution in [0.3, 0.4) is 0 Å². The molecule has 21 heavy (non-hydrogen) atoms. The van der Waals surface area contributed by atoms with E-state index >= 15 is 0 Å². The van der Waals surface area contributed by atoms with Gasteiger partial charge in [0.05, 0.1) is 24.3 Å². The lowest BCUT2D eigenvalue weighted by molar-refractivity contribution is 0.0989. The molecule has 3 nitrogen and oxygen atoms in total. The summed E-state index contributed by atoms with van der Waals surface area (Å²) in [6.45, 7) is 0. The minimum absolute atomic E-state index is 0.121. The van der Waals surface area contributed by atoms with Crippen LogP contribution in [0.2, 0.25) is 0 Å². The van der Waals surface area contributed by atoms with Crippen LogP contribution in [0.25, 0.3) is 0 Å². The van der Waals surface area contributed by atoms with Crippen LogP contribution in [0.15, 0.2) is 40.9 Å². The predicted octanol–water partition coefficient (Wildman–Crippen LogP) is 4.03. The smallest absolute Gasteiger partial charge is 0.171 e. The lowest BCUT2D eigenvalue weighted by atomic mass is 10.0. The fourth-order valence-electron chi connectivity index (χ4n) is 1.96. The molecule has 0 aromatic heterocycles. The first-order valence-corrected chi connectivity index (χ1v) is 7.03. The summed E-state index contributed by atoms with van der Waals surface area (Å²) in [6.07, 6.45) is 0.168. The quantitative estimate of drug-likeness (QED) is 0.762. The minimum Gasteiger partial charge on any atom is -0.496 e. The van der Waals surface area contributed by atoms with Gasteiger partial charge < -0.3 is 9.47 Å². The molecule has 0 unspecified atom stereocenters. The van der Waals surface area contributed by atoms with E-state index in [4.69, 9.17) is 9.47 Å². The van der Waals surface area contributed by atoms with Gasteiger partial charge in [-0.15, -0.1) is 0 Å². The molecule has 0 radical (unpaired) electrons. The zero-order chi connectivity index (χ0) is 15.4. The summed E-state index contributed by atoms with van der Waals surface area (Å²) in [5.41, 5.74) is 1.17. The van der Waals surface area contributed by atoms with E-state index in [2.05, 4.69) is 15.9 Å². The highest BCUT2D eigenvalue weighted by molar-refractivity contribution is 9.10. The van der Waals surface area contributed by atoms with Gasteiger partial charge in [0.25, 0.3) is 0 Å². The molecule has 2 rings (SSSR count). The van der Waals surface area contributed by atoms with Crippen LogP contribution in [0, 0.1) is 5.82 Å². The van der Waals surface area contributed by atoms with E-state index in [0.29, 0.717) is 21.5 Å². The third-order valence-electron chi connectivity index (χ3n) is 3.05. The Hall–Kier alpha value is -1.88. The first kappa shape index (κ1) is 15.5. The number of carbonyl (C=O) groups is 1. The lowest BCUT2D eigenvalue weighted by Gasteiger charge is -2.11. The summed E-state index contributed by atoms with van der Waals surface area (Å²) in [7, 11) is 3.03. The van der Waals surface area contributed by atoms with Gasteiger partial charge >= 0.3 is 0 Å². The molecule has 5 heteroatoms. The van der Waals surface area contributed by atoms with Gasteiger partial charge in [-0.25, -0.2) is 4.39 Å². The van der Waals surface area contributed by atoms with Crippen molar-refractivity contribution in [3.63, 3.8) is 0 Å². The zero-order valence-corrected chi connectivity index (χ0v) is 13.2. The fraction of sp³-hybridized carbons (Fsp3) is 0.188.